The minimum Gasteiger partial charge on any atom is -0.386 e. The van der Waals surface area contributed by atoms with Crippen LogP contribution in [-0.4, -0.2) is 43.6 Å². The summed E-state index contributed by atoms with van der Waals surface area (Å²) in [6.45, 7) is 2.67. The summed E-state index contributed by atoms with van der Waals surface area (Å²) in [4.78, 5) is 16.1. The second kappa shape index (κ2) is 11.6. The van der Waals surface area contributed by atoms with E-state index in [-0.39, 0.29) is 35.5 Å². The van der Waals surface area contributed by atoms with E-state index >= 15 is 0 Å². The Kier molecular flexibility index (Phi) is 9.12. The van der Waals surface area contributed by atoms with Crippen molar-refractivity contribution >= 4 is 29.0 Å². The molecule has 1 aromatic carbocycles. The zero-order chi connectivity index (χ0) is 22.1. The second-order valence-electron chi connectivity index (χ2n) is 7.44. The zero-order valence-corrected chi connectivity index (χ0v) is 18.0. The molecule has 9 heteroatoms. The van der Waals surface area contributed by atoms with E-state index < -0.39 is 5.91 Å². The summed E-state index contributed by atoms with van der Waals surface area (Å²) in [7, 11) is 1.67. The number of halogens is 1. The Hall–Kier alpha value is -2.60. The monoisotopic (exact) mass is 432 g/mol. The third kappa shape index (κ3) is 7.02. The van der Waals surface area contributed by atoms with Crippen molar-refractivity contribution in [3.8, 4) is 6.07 Å². The van der Waals surface area contributed by atoms with Crippen molar-refractivity contribution < 1.29 is 9.53 Å². The van der Waals surface area contributed by atoms with Gasteiger partial charge in [-0.2, -0.15) is 5.26 Å². The van der Waals surface area contributed by atoms with Crippen molar-refractivity contribution in [3.05, 3.63) is 41.1 Å². The van der Waals surface area contributed by atoms with Gasteiger partial charge in [0.2, 0.25) is 0 Å². The number of nitrogens with zero attached hydrogens (tertiary/aromatic N) is 2. The molecule has 8 nitrogen and oxygen atoms in total. The summed E-state index contributed by atoms with van der Waals surface area (Å²) in [5.74, 6) is -0.921. The number of amidine groups is 1. The first-order valence-corrected chi connectivity index (χ1v) is 10.2. The minimum atomic E-state index is -0.699. The average molecular weight is 433 g/mol. The van der Waals surface area contributed by atoms with Crippen LogP contribution in [0.1, 0.15) is 26.2 Å². The van der Waals surface area contributed by atoms with Crippen molar-refractivity contribution in [2.24, 2.45) is 22.4 Å². The van der Waals surface area contributed by atoms with Gasteiger partial charge in [0.25, 0.3) is 5.91 Å². The lowest BCUT2D eigenvalue weighted by molar-refractivity contribution is -0.114. The number of methoxy groups -OCH3 is 1. The van der Waals surface area contributed by atoms with Crippen LogP contribution in [0.4, 0.5) is 5.69 Å². The summed E-state index contributed by atoms with van der Waals surface area (Å²) < 4.78 is 5.16. The number of nitrogens with one attached hydrogen (secondary N) is 2. The first-order valence-electron chi connectivity index (χ1n) is 9.84. The van der Waals surface area contributed by atoms with Gasteiger partial charge in [0.15, 0.2) is 0 Å². The first kappa shape index (κ1) is 23.7. The lowest BCUT2D eigenvalue weighted by atomic mass is 9.82. The first-order chi connectivity index (χ1) is 14.3. The molecule has 2 rings (SSSR count). The zero-order valence-electron chi connectivity index (χ0n) is 17.3. The van der Waals surface area contributed by atoms with Crippen LogP contribution in [0.15, 0.2) is 41.0 Å². The number of hydrogen-bond acceptors (Lipinski definition) is 6. The van der Waals surface area contributed by atoms with Crippen LogP contribution in [0.5, 0.6) is 0 Å². The average Bonchev–Trinajstić information content (AvgIpc) is 2.70. The third-order valence-corrected chi connectivity index (χ3v) is 5.26. The molecule has 1 fully saturated rings. The van der Waals surface area contributed by atoms with Crippen LogP contribution >= 0.6 is 11.6 Å². The maximum atomic E-state index is 11.9. The lowest BCUT2D eigenvalue weighted by Crippen LogP contribution is -2.47. The standard InChI is InChI=1S/C21H29ClN6O2/c1-13(12-30-2)27-17-7-8-19(14(9-17)10-23)26-11-18(21(25)29)20(24)28-16-5-3-15(22)4-6-16/h3-6,11,13-14,17,19,26-27H,7-9,12H2,1-2H3,(H2,24,28)(H2,25,29)/b18-11+/t13?,14-,17+,19?/m1/s1. The summed E-state index contributed by atoms with van der Waals surface area (Å²) in [6, 6.07) is 9.44. The molecule has 4 atom stereocenters. The molecule has 1 saturated carbocycles. The van der Waals surface area contributed by atoms with Gasteiger partial charge in [-0.25, -0.2) is 4.99 Å². The van der Waals surface area contributed by atoms with Gasteiger partial charge in [0, 0.05) is 36.5 Å². The molecule has 0 spiro atoms. The van der Waals surface area contributed by atoms with Crippen molar-refractivity contribution in [3.63, 3.8) is 0 Å². The van der Waals surface area contributed by atoms with E-state index in [9.17, 15) is 10.1 Å². The van der Waals surface area contributed by atoms with Crippen LogP contribution in [0.2, 0.25) is 5.02 Å². The van der Waals surface area contributed by atoms with Crippen LogP contribution in [0, 0.1) is 17.2 Å². The predicted molar refractivity (Wildman–Crippen MR) is 118 cm³/mol. The van der Waals surface area contributed by atoms with Crippen molar-refractivity contribution in [1.82, 2.24) is 10.6 Å². The highest BCUT2D eigenvalue weighted by molar-refractivity contribution is 6.30. The van der Waals surface area contributed by atoms with Gasteiger partial charge < -0.3 is 26.8 Å². The number of aliphatic imine (C=N–C) groups is 1. The molecule has 1 amide bonds. The van der Waals surface area contributed by atoms with Gasteiger partial charge in [-0.05, 0) is 50.5 Å². The second-order valence-corrected chi connectivity index (χ2v) is 7.87. The number of rotatable bonds is 9. The summed E-state index contributed by atoms with van der Waals surface area (Å²) in [5.41, 5.74) is 12.1. The quantitative estimate of drug-likeness (QED) is 0.267. The molecule has 1 aliphatic carbocycles. The fourth-order valence-corrected chi connectivity index (χ4v) is 3.67. The number of amides is 1. The highest BCUT2D eigenvalue weighted by atomic mass is 35.5. The predicted octanol–water partition coefficient (Wildman–Crippen LogP) is 1.97. The van der Waals surface area contributed by atoms with E-state index in [0.717, 1.165) is 12.8 Å². The Balaban J connectivity index is 2.06. The highest BCUT2D eigenvalue weighted by Gasteiger charge is 2.30. The molecular weight excluding hydrogens is 404 g/mol. The van der Waals surface area contributed by atoms with E-state index in [4.69, 9.17) is 27.8 Å². The van der Waals surface area contributed by atoms with E-state index in [0.29, 0.717) is 23.7 Å². The third-order valence-electron chi connectivity index (χ3n) is 5.01. The Bertz CT molecular complexity index is 818. The number of carbonyl (C=O) groups is 1. The van der Waals surface area contributed by atoms with Crippen LogP contribution in [0.25, 0.3) is 0 Å². The fraction of sp³-hybridized carbons (Fsp3) is 0.476. The number of nitrogens with two attached hydrogens (primary N) is 2. The molecule has 0 bridgehead atoms. The fourth-order valence-electron chi connectivity index (χ4n) is 3.54. The summed E-state index contributed by atoms with van der Waals surface area (Å²) in [6.07, 6.45) is 3.84. The summed E-state index contributed by atoms with van der Waals surface area (Å²) >= 11 is 5.87. The van der Waals surface area contributed by atoms with Gasteiger partial charge in [0.05, 0.1) is 29.9 Å². The molecule has 2 unspecified atom stereocenters. The Morgan fingerprint density at radius 3 is 2.70 bits per heavy atom. The maximum Gasteiger partial charge on any atom is 0.253 e. The molecule has 0 heterocycles. The van der Waals surface area contributed by atoms with Gasteiger partial charge in [-0.1, -0.05) is 11.6 Å². The number of hydrogen-bond donors (Lipinski definition) is 4. The van der Waals surface area contributed by atoms with Crippen molar-refractivity contribution in [1.29, 1.82) is 5.26 Å². The Labute approximate surface area is 182 Å². The molecule has 162 valence electrons. The topological polar surface area (TPSA) is 139 Å². The van der Waals surface area contributed by atoms with Crippen LogP contribution in [0.3, 0.4) is 0 Å². The Morgan fingerprint density at radius 1 is 1.40 bits per heavy atom. The number of carbonyl (C=O) groups excluding carboxylic acids is 1. The van der Waals surface area contributed by atoms with E-state index in [1.54, 1.807) is 31.4 Å². The van der Waals surface area contributed by atoms with E-state index in [1.807, 2.05) is 0 Å². The summed E-state index contributed by atoms with van der Waals surface area (Å²) in [5, 5.41) is 16.8. The molecule has 0 aliphatic heterocycles. The van der Waals surface area contributed by atoms with Crippen LogP contribution < -0.4 is 22.1 Å². The molecule has 1 aromatic rings. The molecule has 6 N–H and O–H groups in total. The highest BCUT2D eigenvalue weighted by Crippen LogP contribution is 2.25. The molecule has 0 aromatic heterocycles. The minimum absolute atomic E-state index is 0.00502. The van der Waals surface area contributed by atoms with E-state index in [1.165, 1.54) is 6.20 Å². The lowest BCUT2D eigenvalue weighted by Gasteiger charge is -2.34. The van der Waals surface area contributed by atoms with Crippen LogP contribution in [-0.2, 0) is 9.53 Å². The van der Waals surface area contributed by atoms with E-state index in [2.05, 4.69) is 28.6 Å². The molecule has 1 aliphatic rings. The Morgan fingerprint density at radius 2 is 2.10 bits per heavy atom. The largest absolute Gasteiger partial charge is 0.386 e. The normalized spacial score (nSPS) is 23.5. The van der Waals surface area contributed by atoms with Gasteiger partial charge in [-0.3, -0.25) is 4.79 Å². The maximum absolute atomic E-state index is 11.9. The van der Waals surface area contributed by atoms with Crippen molar-refractivity contribution in [2.45, 2.75) is 44.3 Å². The number of nitriles is 1. The number of benzene rings is 1. The van der Waals surface area contributed by atoms with Gasteiger partial charge >= 0.3 is 0 Å². The molecular formula is C21H29ClN6O2. The smallest absolute Gasteiger partial charge is 0.253 e. The van der Waals surface area contributed by atoms with Gasteiger partial charge in [-0.15, -0.1) is 0 Å². The number of ether oxygens (including phenoxy) is 1. The van der Waals surface area contributed by atoms with Crippen molar-refractivity contribution in [2.75, 3.05) is 13.7 Å². The SMILES string of the molecule is COCC(C)N[C@H]1CCC(N/C=C(/C(N)=O)C(N)=Nc2ccc(Cl)cc2)[C@@H](C#N)C1. The molecule has 0 radical (unpaired) electrons. The van der Waals surface area contributed by atoms with Gasteiger partial charge in [0.1, 0.15) is 5.84 Å². The number of primary amides is 1. The molecule has 0 saturated heterocycles. The molecule has 30 heavy (non-hydrogen) atoms.